The fourth-order valence-corrected chi connectivity index (χ4v) is 5.89. The van der Waals surface area contributed by atoms with E-state index in [0.717, 1.165) is 16.7 Å². The molecule has 10 nitrogen and oxygen atoms in total. The lowest BCUT2D eigenvalue weighted by atomic mass is 10.2. The molecule has 5 aromatic rings. The zero-order valence-electron chi connectivity index (χ0n) is 25.3. The third-order valence-electron chi connectivity index (χ3n) is 6.87. The molecule has 2 amide bonds. The summed E-state index contributed by atoms with van der Waals surface area (Å²) >= 11 is 6.02. The van der Waals surface area contributed by atoms with Crippen LogP contribution in [0.3, 0.4) is 0 Å². The summed E-state index contributed by atoms with van der Waals surface area (Å²) < 4.78 is 40.0. The summed E-state index contributed by atoms with van der Waals surface area (Å²) in [6.45, 7) is 2.28. The minimum absolute atomic E-state index is 0.0719. The zero-order valence-corrected chi connectivity index (χ0v) is 26.9. The summed E-state index contributed by atoms with van der Waals surface area (Å²) in [6, 6.07) is 33.0. The van der Waals surface area contributed by atoms with Crippen molar-refractivity contribution in [2.24, 2.45) is 5.10 Å². The maximum Gasteiger partial charge on any atom is 0.329 e. The standard InChI is InChI=1S/C35H31ClN4O6S/c1-25-7-19-33(20-8-25)47(43,44)40(22-26-9-11-28(36)12-10-26)23-32-18-17-31(46-32)21-37-39-35(42)34(41)38-29-13-15-30(16-14-29)45-24-27-5-3-2-4-6-27/h2-21H,22-24H2,1H3,(H,38,41)(H,39,42)/b37-21+. The molecule has 0 spiro atoms. The van der Waals surface area contributed by atoms with Crippen LogP contribution >= 0.6 is 11.6 Å². The van der Waals surface area contributed by atoms with Crippen LogP contribution in [0.25, 0.3) is 0 Å². The van der Waals surface area contributed by atoms with Crippen molar-refractivity contribution in [2.45, 2.75) is 31.5 Å². The highest BCUT2D eigenvalue weighted by Gasteiger charge is 2.26. The van der Waals surface area contributed by atoms with Gasteiger partial charge in [0.25, 0.3) is 0 Å². The van der Waals surface area contributed by atoms with Crippen molar-refractivity contribution in [2.75, 3.05) is 5.32 Å². The van der Waals surface area contributed by atoms with Gasteiger partial charge in [-0.25, -0.2) is 13.8 Å². The first-order valence-corrected chi connectivity index (χ1v) is 16.3. The van der Waals surface area contributed by atoms with E-state index in [2.05, 4.69) is 15.8 Å². The molecular weight excluding hydrogens is 640 g/mol. The highest BCUT2D eigenvalue weighted by Crippen LogP contribution is 2.23. The highest BCUT2D eigenvalue weighted by atomic mass is 35.5. The number of carbonyl (C=O) groups is 2. The number of benzene rings is 4. The minimum atomic E-state index is -3.90. The van der Waals surface area contributed by atoms with Gasteiger partial charge in [-0.05, 0) is 78.7 Å². The number of ether oxygens (including phenoxy) is 1. The number of nitrogens with zero attached hydrogens (tertiary/aromatic N) is 2. The maximum absolute atomic E-state index is 13.6. The molecule has 0 fully saturated rings. The molecular formula is C35H31ClN4O6S. The number of amides is 2. The Hall–Kier alpha value is -5.23. The first-order valence-electron chi connectivity index (χ1n) is 14.5. The molecule has 5 rings (SSSR count). The third-order valence-corrected chi connectivity index (χ3v) is 8.93. The first-order chi connectivity index (χ1) is 22.7. The van der Waals surface area contributed by atoms with Gasteiger partial charge in [0.1, 0.15) is 23.9 Å². The van der Waals surface area contributed by atoms with Crippen molar-refractivity contribution in [1.29, 1.82) is 0 Å². The summed E-state index contributed by atoms with van der Waals surface area (Å²) in [5.41, 5.74) is 5.26. The Bertz CT molecular complexity index is 1940. The van der Waals surface area contributed by atoms with Crippen molar-refractivity contribution in [3.05, 3.63) is 148 Å². The van der Waals surface area contributed by atoms with E-state index in [0.29, 0.717) is 28.8 Å². The lowest BCUT2D eigenvalue weighted by Crippen LogP contribution is -2.32. The van der Waals surface area contributed by atoms with E-state index in [1.807, 2.05) is 37.3 Å². The van der Waals surface area contributed by atoms with Crippen LogP contribution in [0.15, 0.2) is 130 Å². The molecule has 240 valence electrons. The molecule has 1 aromatic heterocycles. The normalized spacial score (nSPS) is 11.5. The molecule has 0 radical (unpaired) electrons. The fraction of sp³-hybridized carbons (Fsp3) is 0.114. The first kappa shape index (κ1) is 33.1. The number of aryl methyl sites for hydroxylation is 1. The molecule has 12 heteroatoms. The molecule has 0 aliphatic heterocycles. The number of furan rings is 1. The molecule has 4 aromatic carbocycles. The van der Waals surface area contributed by atoms with Crippen molar-refractivity contribution < 1.29 is 27.2 Å². The Morgan fingerprint density at radius 3 is 2.23 bits per heavy atom. The summed E-state index contributed by atoms with van der Waals surface area (Å²) in [6.07, 6.45) is 1.21. The quantitative estimate of drug-likeness (QED) is 0.0910. The molecule has 47 heavy (non-hydrogen) atoms. The Labute approximate surface area is 277 Å². The van der Waals surface area contributed by atoms with E-state index in [1.54, 1.807) is 84.9 Å². The van der Waals surface area contributed by atoms with Gasteiger partial charge in [0, 0.05) is 17.3 Å². The number of hydrogen-bond acceptors (Lipinski definition) is 7. The van der Waals surface area contributed by atoms with Gasteiger partial charge in [-0.2, -0.15) is 9.41 Å². The van der Waals surface area contributed by atoms with Gasteiger partial charge in [0.05, 0.1) is 17.7 Å². The Morgan fingerprint density at radius 2 is 1.53 bits per heavy atom. The number of hydrogen-bond donors (Lipinski definition) is 2. The van der Waals surface area contributed by atoms with Gasteiger partial charge in [-0.3, -0.25) is 9.59 Å². The van der Waals surface area contributed by atoms with Crippen LogP contribution in [0.4, 0.5) is 5.69 Å². The summed E-state index contributed by atoms with van der Waals surface area (Å²) in [5.74, 6) is -0.711. The van der Waals surface area contributed by atoms with E-state index in [1.165, 1.54) is 10.5 Å². The predicted molar refractivity (Wildman–Crippen MR) is 179 cm³/mol. The number of nitrogens with one attached hydrogen (secondary N) is 2. The second-order valence-corrected chi connectivity index (χ2v) is 12.8. The Morgan fingerprint density at radius 1 is 0.830 bits per heavy atom. The van der Waals surface area contributed by atoms with Crippen molar-refractivity contribution >= 4 is 45.3 Å². The summed E-state index contributed by atoms with van der Waals surface area (Å²) in [5, 5.41) is 6.84. The average Bonchev–Trinajstić information content (AvgIpc) is 3.52. The largest absolute Gasteiger partial charge is 0.489 e. The number of sulfonamides is 1. The van der Waals surface area contributed by atoms with E-state index < -0.39 is 21.8 Å². The lowest BCUT2D eigenvalue weighted by molar-refractivity contribution is -0.136. The van der Waals surface area contributed by atoms with Crippen LogP contribution in [0.5, 0.6) is 5.75 Å². The monoisotopic (exact) mass is 670 g/mol. The number of carbonyl (C=O) groups excluding carboxylic acids is 2. The van der Waals surface area contributed by atoms with E-state index in [-0.39, 0.29) is 23.7 Å². The smallest absolute Gasteiger partial charge is 0.329 e. The molecule has 0 saturated carbocycles. The minimum Gasteiger partial charge on any atom is -0.489 e. The maximum atomic E-state index is 13.6. The van der Waals surface area contributed by atoms with Crippen LogP contribution in [-0.4, -0.2) is 30.8 Å². The van der Waals surface area contributed by atoms with Gasteiger partial charge in [-0.1, -0.05) is 71.8 Å². The van der Waals surface area contributed by atoms with Crippen LogP contribution < -0.4 is 15.5 Å². The van der Waals surface area contributed by atoms with E-state index >= 15 is 0 Å². The number of rotatable bonds is 12. The lowest BCUT2D eigenvalue weighted by Gasteiger charge is -2.21. The number of anilines is 1. The van der Waals surface area contributed by atoms with Gasteiger partial charge in [0.15, 0.2) is 0 Å². The van der Waals surface area contributed by atoms with Gasteiger partial charge < -0.3 is 14.5 Å². The number of halogens is 1. The SMILES string of the molecule is Cc1ccc(S(=O)(=O)N(Cc2ccc(Cl)cc2)Cc2ccc(/C=N/NC(=O)C(=O)Nc3ccc(OCc4ccccc4)cc3)o2)cc1. The topological polar surface area (TPSA) is 130 Å². The molecule has 0 bridgehead atoms. The molecule has 0 atom stereocenters. The van der Waals surface area contributed by atoms with Gasteiger partial charge in [0.2, 0.25) is 10.0 Å². The molecule has 0 aliphatic rings. The molecule has 0 unspecified atom stereocenters. The van der Waals surface area contributed by atoms with Crippen molar-refractivity contribution in [3.8, 4) is 5.75 Å². The Balaban J connectivity index is 1.16. The zero-order chi connectivity index (χ0) is 33.2. The van der Waals surface area contributed by atoms with Crippen LogP contribution in [0.1, 0.15) is 28.2 Å². The van der Waals surface area contributed by atoms with Gasteiger partial charge in [-0.15, -0.1) is 0 Å². The molecule has 1 heterocycles. The van der Waals surface area contributed by atoms with Crippen LogP contribution in [-0.2, 0) is 39.3 Å². The van der Waals surface area contributed by atoms with Crippen LogP contribution in [0.2, 0.25) is 5.02 Å². The second-order valence-electron chi connectivity index (χ2n) is 10.5. The molecule has 2 N–H and O–H groups in total. The molecule has 0 aliphatic carbocycles. The van der Waals surface area contributed by atoms with E-state index in [9.17, 15) is 18.0 Å². The van der Waals surface area contributed by atoms with Crippen LogP contribution in [0, 0.1) is 6.92 Å². The third kappa shape index (κ3) is 9.39. The summed E-state index contributed by atoms with van der Waals surface area (Å²) in [4.78, 5) is 24.8. The van der Waals surface area contributed by atoms with Crippen molar-refractivity contribution in [3.63, 3.8) is 0 Å². The summed E-state index contributed by atoms with van der Waals surface area (Å²) in [7, 11) is -3.90. The Kier molecular flexibility index (Phi) is 10.8. The van der Waals surface area contributed by atoms with Crippen molar-refractivity contribution in [1.82, 2.24) is 9.73 Å². The number of hydrazone groups is 1. The second kappa shape index (κ2) is 15.4. The fourth-order valence-electron chi connectivity index (χ4n) is 4.37. The predicted octanol–water partition coefficient (Wildman–Crippen LogP) is 6.30. The molecule has 0 saturated heterocycles. The van der Waals surface area contributed by atoms with E-state index in [4.69, 9.17) is 20.8 Å². The highest BCUT2D eigenvalue weighted by molar-refractivity contribution is 7.89. The van der Waals surface area contributed by atoms with Gasteiger partial charge >= 0.3 is 11.8 Å². The average molecular weight is 671 g/mol.